The molecular formula is C30H32F3N5O4. The van der Waals surface area contributed by atoms with E-state index >= 15 is 0 Å². The summed E-state index contributed by atoms with van der Waals surface area (Å²) in [6.45, 7) is 3.39. The lowest BCUT2D eigenvalue weighted by Crippen LogP contribution is -2.46. The van der Waals surface area contributed by atoms with Gasteiger partial charge in [-0.25, -0.2) is 0 Å². The lowest BCUT2D eigenvalue weighted by Gasteiger charge is -2.33. The number of fused-ring (bicyclic) bond motifs is 1. The van der Waals surface area contributed by atoms with Gasteiger partial charge in [-0.1, -0.05) is 29.4 Å². The van der Waals surface area contributed by atoms with Gasteiger partial charge in [-0.05, 0) is 79.0 Å². The second kappa shape index (κ2) is 11.4. The maximum absolute atomic E-state index is 13.0. The van der Waals surface area contributed by atoms with Crippen LogP contribution in [0.15, 0.2) is 40.9 Å². The van der Waals surface area contributed by atoms with Gasteiger partial charge in [0, 0.05) is 25.7 Å². The summed E-state index contributed by atoms with van der Waals surface area (Å²) in [5, 5.41) is 9.93. The summed E-state index contributed by atoms with van der Waals surface area (Å²) in [7, 11) is 0. The fourth-order valence-corrected chi connectivity index (χ4v) is 5.79. The van der Waals surface area contributed by atoms with Gasteiger partial charge in [-0.3, -0.25) is 14.5 Å². The first-order chi connectivity index (χ1) is 20.1. The third kappa shape index (κ3) is 6.43. The molecule has 1 aliphatic heterocycles. The topological polar surface area (TPSA) is 110 Å². The first kappa shape index (κ1) is 28.2. The summed E-state index contributed by atoms with van der Waals surface area (Å²) >= 11 is 0. The Labute approximate surface area is 240 Å². The number of hydrogen-bond donors (Lipinski definition) is 2. The second-order valence-electron chi connectivity index (χ2n) is 11.3. The SMILES string of the molecule is Cc1noc([C@@H]2C[C@@H]2C(=O)NCc2ccc(-c3cccc(OC(F)(F)F)c3)c3c2CN(CC(=O)NC2CCC2)CC3)n1. The predicted molar refractivity (Wildman–Crippen MR) is 145 cm³/mol. The standard InChI is InChI=1S/C30H32F3N5O4/c1-17-35-29(42-37-17)25-13-24(25)28(40)34-14-19-8-9-22(18-4-2-7-21(12-18)41-30(31,32)33)23-10-11-38(15-26(19)23)16-27(39)36-20-5-3-6-20/h2,4,7-9,12,20,24-25H,3,5-6,10-11,13-16H2,1H3,(H,34,40)(H,36,39)/t24-,25+/m0/s1. The van der Waals surface area contributed by atoms with E-state index in [1.807, 2.05) is 12.1 Å². The molecule has 2 atom stereocenters. The van der Waals surface area contributed by atoms with Crippen molar-refractivity contribution in [1.29, 1.82) is 0 Å². The number of nitrogens with zero attached hydrogens (tertiary/aromatic N) is 3. The zero-order valence-corrected chi connectivity index (χ0v) is 23.2. The van der Waals surface area contributed by atoms with Crippen LogP contribution < -0.4 is 15.4 Å². The first-order valence-corrected chi connectivity index (χ1v) is 14.2. The van der Waals surface area contributed by atoms with Crippen LogP contribution >= 0.6 is 0 Å². The summed E-state index contributed by atoms with van der Waals surface area (Å²) in [5.74, 6) is 0.290. The zero-order valence-electron chi connectivity index (χ0n) is 23.2. The highest BCUT2D eigenvalue weighted by molar-refractivity contribution is 5.82. The van der Waals surface area contributed by atoms with Crippen LogP contribution in [-0.4, -0.2) is 52.3 Å². The van der Waals surface area contributed by atoms with Gasteiger partial charge in [0.1, 0.15) is 5.75 Å². The van der Waals surface area contributed by atoms with Gasteiger partial charge in [-0.2, -0.15) is 4.98 Å². The Balaban J connectivity index is 1.21. The average molecular weight is 584 g/mol. The van der Waals surface area contributed by atoms with Crippen molar-refractivity contribution in [3.63, 3.8) is 0 Å². The quantitative estimate of drug-likeness (QED) is 0.385. The molecule has 2 heterocycles. The van der Waals surface area contributed by atoms with Crippen molar-refractivity contribution >= 4 is 11.8 Å². The molecule has 2 fully saturated rings. The van der Waals surface area contributed by atoms with Gasteiger partial charge >= 0.3 is 6.36 Å². The number of halogens is 3. The molecule has 0 spiro atoms. The van der Waals surface area contributed by atoms with Crippen molar-refractivity contribution in [3.05, 3.63) is 64.8 Å². The van der Waals surface area contributed by atoms with Gasteiger partial charge in [0.05, 0.1) is 18.4 Å². The van der Waals surface area contributed by atoms with E-state index < -0.39 is 6.36 Å². The number of alkyl halides is 3. The minimum atomic E-state index is -4.79. The summed E-state index contributed by atoms with van der Waals surface area (Å²) in [6, 6.07) is 9.98. The highest BCUT2D eigenvalue weighted by Gasteiger charge is 2.47. The Bertz CT molecular complexity index is 1490. The van der Waals surface area contributed by atoms with Crippen LogP contribution in [0.2, 0.25) is 0 Å². The van der Waals surface area contributed by atoms with Crippen molar-refractivity contribution in [3.8, 4) is 16.9 Å². The molecule has 2 amide bonds. The number of ether oxygens (including phenoxy) is 1. The minimum Gasteiger partial charge on any atom is -0.406 e. The third-order valence-electron chi connectivity index (χ3n) is 8.24. The third-order valence-corrected chi connectivity index (χ3v) is 8.24. The molecule has 0 radical (unpaired) electrons. The van der Waals surface area contributed by atoms with E-state index in [0.717, 1.165) is 41.5 Å². The molecule has 0 bridgehead atoms. The smallest absolute Gasteiger partial charge is 0.406 e. The van der Waals surface area contributed by atoms with Gasteiger partial charge in [0.2, 0.25) is 17.7 Å². The molecule has 3 aliphatic rings. The van der Waals surface area contributed by atoms with Crippen LogP contribution in [0.25, 0.3) is 11.1 Å². The molecule has 2 N–H and O–H groups in total. The van der Waals surface area contributed by atoms with Gasteiger partial charge in [0.25, 0.3) is 0 Å². The Morgan fingerprint density at radius 3 is 2.71 bits per heavy atom. The number of benzene rings is 2. The molecule has 2 aliphatic carbocycles. The van der Waals surface area contributed by atoms with Crippen LogP contribution in [0, 0.1) is 12.8 Å². The van der Waals surface area contributed by atoms with Crippen LogP contribution in [0.1, 0.15) is 60.0 Å². The molecule has 6 rings (SSSR count). The minimum absolute atomic E-state index is 0.0119. The van der Waals surface area contributed by atoms with E-state index in [9.17, 15) is 22.8 Å². The number of aromatic nitrogens is 2. The van der Waals surface area contributed by atoms with Crippen molar-refractivity contribution in [2.24, 2.45) is 5.92 Å². The van der Waals surface area contributed by atoms with Crippen LogP contribution in [0.3, 0.4) is 0 Å². The maximum atomic E-state index is 13.0. The normalized spacial score (nSPS) is 20.4. The number of aryl methyl sites for hydroxylation is 1. The molecule has 2 saturated carbocycles. The summed E-state index contributed by atoms with van der Waals surface area (Å²) < 4.78 is 48.0. The lowest BCUT2D eigenvalue weighted by atomic mass is 9.87. The fraction of sp³-hybridized carbons (Fsp3) is 0.467. The molecule has 42 heavy (non-hydrogen) atoms. The Hall–Kier alpha value is -3.93. The largest absolute Gasteiger partial charge is 0.573 e. The van der Waals surface area contributed by atoms with E-state index in [0.29, 0.717) is 43.2 Å². The molecule has 12 heteroatoms. The summed E-state index contributed by atoms with van der Waals surface area (Å²) in [6.07, 6.45) is -0.395. The highest BCUT2D eigenvalue weighted by atomic mass is 19.4. The molecule has 0 unspecified atom stereocenters. The van der Waals surface area contributed by atoms with E-state index in [-0.39, 0.29) is 48.5 Å². The van der Waals surface area contributed by atoms with Gasteiger partial charge < -0.3 is 19.9 Å². The molecular weight excluding hydrogens is 551 g/mol. The highest BCUT2D eigenvalue weighted by Crippen LogP contribution is 2.47. The van der Waals surface area contributed by atoms with E-state index in [1.54, 1.807) is 13.0 Å². The molecule has 0 saturated heterocycles. The Kier molecular flexibility index (Phi) is 7.65. The Morgan fingerprint density at radius 2 is 2.00 bits per heavy atom. The van der Waals surface area contributed by atoms with Crippen molar-refractivity contribution < 1.29 is 32.0 Å². The summed E-state index contributed by atoms with van der Waals surface area (Å²) in [5.41, 5.74) is 4.28. The molecule has 2 aromatic carbocycles. The monoisotopic (exact) mass is 583 g/mol. The van der Waals surface area contributed by atoms with Crippen molar-refractivity contribution in [1.82, 2.24) is 25.7 Å². The van der Waals surface area contributed by atoms with Crippen LogP contribution in [0.4, 0.5) is 13.2 Å². The van der Waals surface area contributed by atoms with Gasteiger partial charge in [0.15, 0.2) is 5.82 Å². The zero-order chi connectivity index (χ0) is 29.4. The van der Waals surface area contributed by atoms with Crippen molar-refractivity contribution in [2.75, 3.05) is 13.1 Å². The molecule has 1 aromatic heterocycles. The number of carbonyl (C=O) groups is 2. The fourth-order valence-electron chi connectivity index (χ4n) is 5.79. The van der Waals surface area contributed by atoms with Crippen molar-refractivity contribution in [2.45, 2.75) is 70.4 Å². The van der Waals surface area contributed by atoms with Crippen LogP contribution in [-0.2, 0) is 29.1 Å². The van der Waals surface area contributed by atoms with Crippen LogP contribution in [0.5, 0.6) is 5.75 Å². The van der Waals surface area contributed by atoms with E-state index in [2.05, 4.69) is 30.4 Å². The second-order valence-corrected chi connectivity index (χ2v) is 11.3. The first-order valence-electron chi connectivity index (χ1n) is 14.2. The number of nitrogens with one attached hydrogen (secondary N) is 2. The molecule has 3 aromatic rings. The molecule has 222 valence electrons. The van der Waals surface area contributed by atoms with Gasteiger partial charge in [-0.15, -0.1) is 13.2 Å². The van der Waals surface area contributed by atoms with E-state index in [4.69, 9.17) is 4.52 Å². The number of carbonyl (C=O) groups excluding carboxylic acids is 2. The Morgan fingerprint density at radius 1 is 1.17 bits per heavy atom. The molecule has 9 nitrogen and oxygen atoms in total. The number of amides is 2. The van der Waals surface area contributed by atoms with E-state index in [1.165, 1.54) is 18.2 Å². The average Bonchev–Trinajstić information content (AvgIpc) is 3.61. The predicted octanol–water partition coefficient (Wildman–Crippen LogP) is 4.39. The maximum Gasteiger partial charge on any atom is 0.573 e. The number of rotatable bonds is 9. The lowest BCUT2D eigenvalue weighted by molar-refractivity contribution is -0.274. The summed E-state index contributed by atoms with van der Waals surface area (Å²) in [4.78, 5) is 31.9. The number of hydrogen-bond acceptors (Lipinski definition) is 7.